The summed E-state index contributed by atoms with van der Waals surface area (Å²) in [6.45, 7) is 2.00. The van der Waals surface area contributed by atoms with Crippen LogP contribution in [0.25, 0.3) is 0 Å². The zero-order valence-electron chi connectivity index (χ0n) is 15.8. The van der Waals surface area contributed by atoms with E-state index in [1.807, 2.05) is 6.92 Å². The molecule has 28 heavy (non-hydrogen) atoms. The minimum atomic E-state index is -0.463. The van der Waals surface area contributed by atoms with Crippen molar-refractivity contribution >= 4 is 23.4 Å². The Morgan fingerprint density at radius 2 is 1.57 bits per heavy atom. The Hall–Kier alpha value is -2.93. The molecular formula is C20H23ClN2O5. The number of rotatable bonds is 9. The molecule has 8 heteroatoms. The Labute approximate surface area is 168 Å². The zero-order chi connectivity index (χ0) is 20.4. The molecule has 0 aliphatic rings. The topological polar surface area (TPSA) is 85.9 Å². The van der Waals surface area contributed by atoms with Crippen LogP contribution >= 0.6 is 11.6 Å². The van der Waals surface area contributed by atoms with Crippen LogP contribution in [0.15, 0.2) is 42.5 Å². The molecule has 0 spiro atoms. The molecule has 0 aliphatic heterocycles. The van der Waals surface area contributed by atoms with E-state index in [0.717, 1.165) is 11.3 Å². The summed E-state index contributed by atoms with van der Waals surface area (Å²) < 4.78 is 16.0. The van der Waals surface area contributed by atoms with E-state index < -0.39 is 5.91 Å². The molecule has 0 heterocycles. The fourth-order valence-corrected chi connectivity index (χ4v) is 2.31. The summed E-state index contributed by atoms with van der Waals surface area (Å²) in [5.41, 5.74) is 5.50. The molecule has 0 bridgehead atoms. The lowest BCUT2D eigenvalue weighted by Crippen LogP contribution is -2.43. The Balaban J connectivity index is 1.58. The van der Waals surface area contributed by atoms with Gasteiger partial charge in [0.2, 0.25) is 5.91 Å². The van der Waals surface area contributed by atoms with Gasteiger partial charge >= 0.3 is 0 Å². The summed E-state index contributed by atoms with van der Waals surface area (Å²) >= 11 is 5.93. The SMILES string of the molecule is COc1ccc(OCCCC(=O)NNC(=O)COc2ccc(Cl)c(C)c2)cc1. The molecule has 0 saturated carbocycles. The third-order valence-electron chi connectivity index (χ3n) is 3.72. The van der Waals surface area contributed by atoms with Crippen LogP contribution in [0, 0.1) is 6.92 Å². The number of nitrogens with one attached hydrogen (secondary N) is 2. The maximum Gasteiger partial charge on any atom is 0.276 e. The molecule has 2 rings (SSSR count). The van der Waals surface area contributed by atoms with Crippen LogP contribution in [0.5, 0.6) is 17.2 Å². The van der Waals surface area contributed by atoms with Gasteiger partial charge in [0.05, 0.1) is 13.7 Å². The van der Waals surface area contributed by atoms with Gasteiger partial charge in [-0.05, 0) is 61.4 Å². The number of benzene rings is 2. The van der Waals surface area contributed by atoms with Gasteiger partial charge in [-0.2, -0.15) is 0 Å². The van der Waals surface area contributed by atoms with Crippen LogP contribution in [-0.4, -0.2) is 32.1 Å². The predicted octanol–water partition coefficient (Wildman–Crippen LogP) is 3.04. The van der Waals surface area contributed by atoms with Gasteiger partial charge < -0.3 is 14.2 Å². The molecule has 0 unspecified atom stereocenters. The Bertz CT molecular complexity index is 796. The standard InChI is InChI=1S/C20H23ClN2O5/c1-14-12-17(9-10-18(14)21)28-13-20(25)23-22-19(24)4-3-11-27-16-7-5-15(26-2)6-8-16/h5-10,12H,3-4,11,13H2,1-2H3,(H,22,24)(H,23,25). The number of hydrazine groups is 1. The molecule has 2 amide bonds. The van der Waals surface area contributed by atoms with Crippen LogP contribution < -0.4 is 25.1 Å². The van der Waals surface area contributed by atoms with Crippen molar-refractivity contribution < 1.29 is 23.8 Å². The summed E-state index contributed by atoms with van der Waals surface area (Å²) in [7, 11) is 1.60. The highest BCUT2D eigenvalue weighted by Crippen LogP contribution is 2.21. The van der Waals surface area contributed by atoms with Gasteiger partial charge in [-0.25, -0.2) is 0 Å². The highest BCUT2D eigenvalue weighted by atomic mass is 35.5. The van der Waals surface area contributed by atoms with E-state index in [4.69, 9.17) is 25.8 Å². The summed E-state index contributed by atoms with van der Waals surface area (Å²) in [5.74, 6) is 1.20. The van der Waals surface area contributed by atoms with E-state index in [1.165, 1.54) is 0 Å². The van der Waals surface area contributed by atoms with Crippen LogP contribution in [0.1, 0.15) is 18.4 Å². The molecule has 7 nitrogen and oxygen atoms in total. The van der Waals surface area contributed by atoms with E-state index in [0.29, 0.717) is 29.5 Å². The summed E-state index contributed by atoms with van der Waals surface area (Å²) in [6.07, 6.45) is 0.724. The first kappa shape index (κ1) is 21.4. The Kier molecular flexibility index (Phi) is 8.42. The minimum Gasteiger partial charge on any atom is -0.497 e. The van der Waals surface area contributed by atoms with Crippen molar-refractivity contribution in [1.29, 1.82) is 0 Å². The highest BCUT2D eigenvalue weighted by molar-refractivity contribution is 6.31. The molecule has 2 aromatic carbocycles. The summed E-state index contributed by atoms with van der Waals surface area (Å²) in [5, 5.41) is 0.625. The van der Waals surface area contributed by atoms with Crippen molar-refractivity contribution in [1.82, 2.24) is 10.9 Å². The monoisotopic (exact) mass is 406 g/mol. The lowest BCUT2D eigenvalue weighted by atomic mass is 10.2. The first-order valence-corrected chi connectivity index (χ1v) is 9.09. The molecule has 0 radical (unpaired) electrons. The minimum absolute atomic E-state index is 0.216. The quantitative estimate of drug-likeness (QED) is 0.493. The van der Waals surface area contributed by atoms with Crippen LogP contribution in [0.4, 0.5) is 0 Å². The molecule has 0 aliphatic carbocycles. The number of hydrogen-bond acceptors (Lipinski definition) is 5. The molecule has 2 N–H and O–H groups in total. The maximum atomic E-state index is 11.7. The van der Waals surface area contributed by atoms with Gasteiger partial charge in [0.25, 0.3) is 5.91 Å². The number of hydrogen-bond donors (Lipinski definition) is 2. The predicted molar refractivity (Wildman–Crippen MR) is 106 cm³/mol. The van der Waals surface area contributed by atoms with Crippen molar-refractivity contribution in [2.75, 3.05) is 20.3 Å². The molecule has 0 aromatic heterocycles. The number of carbonyl (C=O) groups excluding carboxylic acids is 2. The number of ether oxygens (including phenoxy) is 3. The van der Waals surface area contributed by atoms with E-state index >= 15 is 0 Å². The molecule has 0 atom stereocenters. The number of methoxy groups -OCH3 is 1. The van der Waals surface area contributed by atoms with E-state index in [-0.39, 0.29) is 18.9 Å². The molecule has 150 valence electrons. The second kappa shape index (κ2) is 11.0. The van der Waals surface area contributed by atoms with Crippen molar-refractivity contribution in [2.45, 2.75) is 19.8 Å². The second-order valence-electron chi connectivity index (χ2n) is 5.92. The first-order chi connectivity index (χ1) is 13.5. The first-order valence-electron chi connectivity index (χ1n) is 8.71. The van der Waals surface area contributed by atoms with E-state index in [1.54, 1.807) is 49.6 Å². The third-order valence-corrected chi connectivity index (χ3v) is 4.14. The summed E-state index contributed by atoms with van der Waals surface area (Å²) in [6, 6.07) is 12.3. The number of carbonyl (C=O) groups is 2. The maximum absolute atomic E-state index is 11.7. The van der Waals surface area contributed by atoms with Gasteiger partial charge in [-0.1, -0.05) is 11.6 Å². The van der Waals surface area contributed by atoms with Crippen molar-refractivity contribution in [2.24, 2.45) is 0 Å². The Morgan fingerprint density at radius 1 is 0.929 bits per heavy atom. The van der Waals surface area contributed by atoms with Gasteiger partial charge in [0.1, 0.15) is 17.2 Å². The van der Waals surface area contributed by atoms with Crippen molar-refractivity contribution in [3.05, 3.63) is 53.1 Å². The third kappa shape index (κ3) is 7.36. The number of amides is 2. The van der Waals surface area contributed by atoms with Crippen molar-refractivity contribution in [3.63, 3.8) is 0 Å². The van der Waals surface area contributed by atoms with Gasteiger partial charge in [0, 0.05) is 11.4 Å². The van der Waals surface area contributed by atoms with Crippen LogP contribution in [0.2, 0.25) is 5.02 Å². The molecule has 2 aromatic rings. The highest BCUT2D eigenvalue weighted by Gasteiger charge is 2.07. The van der Waals surface area contributed by atoms with Crippen LogP contribution in [-0.2, 0) is 9.59 Å². The lowest BCUT2D eigenvalue weighted by Gasteiger charge is -2.10. The van der Waals surface area contributed by atoms with Crippen molar-refractivity contribution in [3.8, 4) is 17.2 Å². The fraction of sp³-hybridized carbons (Fsp3) is 0.300. The largest absolute Gasteiger partial charge is 0.497 e. The average Bonchev–Trinajstić information content (AvgIpc) is 2.71. The molecule has 0 saturated heterocycles. The van der Waals surface area contributed by atoms with E-state index in [9.17, 15) is 9.59 Å². The van der Waals surface area contributed by atoms with Gasteiger partial charge in [-0.3, -0.25) is 20.4 Å². The number of aryl methyl sites for hydroxylation is 1. The Morgan fingerprint density at radius 3 is 2.25 bits per heavy atom. The molecular weight excluding hydrogens is 384 g/mol. The average molecular weight is 407 g/mol. The smallest absolute Gasteiger partial charge is 0.276 e. The number of halogens is 1. The molecule has 0 fully saturated rings. The zero-order valence-corrected chi connectivity index (χ0v) is 16.5. The second-order valence-corrected chi connectivity index (χ2v) is 6.33. The van der Waals surface area contributed by atoms with Gasteiger partial charge in [0.15, 0.2) is 6.61 Å². The normalized spacial score (nSPS) is 10.1. The summed E-state index contributed by atoms with van der Waals surface area (Å²) in [4.78, 5) is 23.5. The van der Waals surface area contributed by atoms with Gasteiger partial charge in [-0.15, -0.1) is 0 Å². The van der Waals surface area contributed by atoms with Crippen LogP contribution in [0.3, 0.4) is 0 Å². The lowest BCUT2D eigenvalue weighted by molar-refractivity contribution is -0.130. The van der Waals surface area contributed by atoms with E-state index in [2.05, 4.69) is 10.9 Å². The fourth-order valence-electron chi connectivity index (χ4n) is 2.19.